The molecule has 41 heavy (non-hydrogen) atoms. The van der Waals surface area contributed by atoms with Crippen molar-refractivity contribution in [3.8, 4) is 0 Å². The third-order valence-electron chi connectivity index (χ3n) is 9.63. The number of aliphatic carboxylic acids is 2. The molecule has 0 aromatic heterocycles. The second kappa shape index (κ2) is 11.7. The number of carboxylic acid groups (broad SMARTS) is 2. The fourth-order valence-electron chi connectivity index (χ4n) is 8.05. The van der Waals surface area contributed by atoms with Crippen molar-refractivity contribution in [1.82, 2.24) is 0 Å². The zero-order valence-electron chi connectivity index (χ0n) is 24.6. The van der Waals surface area contributed by atoms with Gasteiger partial charge in [0.15, 0.2) is 23.0 Å². The molecule has 1 heterocycles. The van der Waals surface area contributed by atoms with Crippen molar-refractivity contribution in [3.63, 3.8) is 0 Å². The zero-order chi connectivity index (χ0) is 31.1. The molecule has 0 amide bonds. The minimum absolute atomic E-state index is 0.125. The normalized spacial score (nSPS) is 41.2. The van der Waals surface area contributed by atoms with Gasteiger partial charge in [0.05, 0.1) is 12.2 Å². The number of ether oxygens (including phenoxy) is 2. The fraction of sp³-hybridized carbons (Fsp3) is 0.733. The molecule has 5 aliphatic rings. The standard InChI is InChI=1S/C24H31FO6.2C3H6O2/c1-21(2)30-19-9-14-13-8-16(25)15-7-12(27)5-6-22(15,3)20(13)17(28)10-23(14,4)24(19,31-21)18(29)11-26;2*1-2-3(4)5/h5-7,13-14,16-17,19-20,26,28H,8-11H2,1-4H3;2*2H2,1H3,(H,4,5)/t13-,14-,16-,17-,19+,20+,22-,23-,24+;;/m0../s1. The minimum Gasteiger partial charge on any atom is -0.481 e. The van der Waals surface area contributed by atoms with Gasteiger partial charge in [0.2, 0.25) is 0 Å². The molecule has 0 radical (unpaired) electrons. The van der Waals surface area contributed by atoms with Crippen LogP contribution in [0.2, 0.25) is 0 Å². The van der Waals surface area contributed by atoms with Crippen molar-refractivity contribution in [2.24, 2.45) is 28.6 Å². The van der Waals surface area contributed by atoms with Gasteiger partial charge in [-0.05, 0) is 62.7 Å². The van der Waals surface area contributed by atoms with E-state index in [4.69, 9.17) is 19.7 Å². The first kappa shape index (κ1) is 33.0. The van der Waals surface area contributed by atoms with Gasteiger partial charge < -0.3 is 29.9 Å². The average Bonchev–Trinajstić information content (AvgIpc) is 3.30. The van der Waals surface area contributed by atoms with Gasteiger partial charge in [0, 0.05) is 29.6 Å². The number of hydrogen-bond acceptors (Lipinski definition) is 8. The van der Waals surface area contributed by atoms with Gasteiger partial charge in [-0.15, -0.1) is 0 Å². The Labute approximate surface area is 239 Å². The van der Waals surface area contributed by atoms with E-state index in [0.717, 1.165) is 0 Å². The number of ketones is 2. The highest BCUT2D eigenvalue weighted by molar-refractivity contribution is 6.01. The van der Waals surface area contributed by atoms with E-state index in [2.05, 4.69) is 0 Å². The van der Waals surface area contributed by atoms with Crippen LogP contribution in [0.15, 0.2) is 23.8 Å². The predicted molar refractivity (Wildman–Crippen MR) is 144 cm³/mol. The molecule has 0 aromatic carbocycles. The summed E-state index contributed by atoms with van der Waals surface area (Å²) in [4.78, 5) is 43.8. The van der Waals surface area contributed by atoms with Crippen LogP contribution in [0.3, 0.4) is 0 Å². The lowest BCUT2D eigenvalue weighted by Crippen LogP contribution is -2.64. The number of fused-ring (bicyclic) bond motifs is 7. The Balaban J connectivity index is 0.000000400. The van der Waals surface area contributed by atoms with E-state index in [9.17, 15) is 29.4 Å². The van der Waals surface area contributed by atoms with Gasteiger partial charge in [-0.2, -0.15) is 0 Å². The van der Waals surface area contributed by atoms with E-state index in [1.54, 1.807) is 33.8 Å². The summed E-state index contributed by atoms with van der Waals surface area (Å²) in [6, 6.07) is 0. The van der Waals surface area contributed by atoms with Crippen molar-refractivity contribution < 1.29 is 53.5 Å². The van der Waals surface area contributed by atoms with Crippen molar-refractivity contribution in [3.05, 3.63) is 23.8 Å². The third kappa shape index (κ3) is 5.53. The number of aliphatic hydroxyl groups is 2. The fourth-order valence-corrected chi connectivity index (χ4v) is 8.05. The van der Waals surface area contributed by atoms with Crippen LogP contribution >= 0.6 is 0 Å². The van der Waals surface area contributed by atoms with Crippen LogP contribution in [0.1, 0.15) is 73.6 Å². The van der Waals surface area contributed by atoms with Gasteiger partial charge in [0.1, 0.15) is 12.8 Å². The number of rotatable bonds is 4. The maximum Gasteiger partial charge on any atom is 0.303 e. The van der Waals surface area contributed by atoms with Crippen molar-refractivity contribution >= 4 is 23.5 Å². The van der Waals surface area contributed by atoms with E-state index in [0.29, 0.717) is 12.0 Å². The van der Waals surface area contributed by atoms with Crippen LogP contribution in [-0.2, 0) is 28.7 Å². The first-order chi connectivity index (χ1) is 18.9. The van der Waals surface area contributed by atoms with Gasteiger partial charge in [-0.25, -0.2) is 4.39 Å². The maximum absolute atomic E-state index is 15.4. The number of Topliss-reactive ketones (excluding diaryl/α,β-unsaturated/α-hetero) is 1. The van der Waals surface area contributed by atoms with Gasteiger partial charge in [-0.3, -0.25) is 19.2 Å². The number of carboxylic acids is 2. The average molecular weight is 583 g/mol. The van der Waals surface area contributed by atoms with E-state index in [1.165, 1.54) is 12.2 Å². The summed E-state index contributed by atoms with van der Waals surface area (Å²) < 4.78 is 27.9. The summed E-state index contributed by atoms with van der Waals surface area (Å²) in [6.07, 6.45) is 3.34. The van der Waals surface area contributed by atoms with Crippen LogP contribution in [0.25, 0.3) is 0 Å². The van der Waals surface area contributed by atoms with Crippen LogP contribution in [0.4, 0.5) is 4.39 Å². The molecule has 1 saturated heterocycles. The smallest absolute Gasteiger partial charge is 0.303 e. The molecule has 230 valence electrons. The zero-order valence-corrected chi connectivity index (χ0v) is 24.6. The lowest BCUT2D eigenvalue weighted by atomic mass is 9.46. The molecule has 0 spiro atoms. The topological polar surface area (TPSA) is 168 Å². The van der Waals surface area contributed by atoms with Gasteiger partial charge in [0.25, 0.3) is 0 Å². The highest BCUT2D eigenvalue weighted by atomic mass is 19.1. The Morgan fingerprint density at radius 1 is 1.05 bits per heavy atom. The highest BCUT2D eigenvalue weighted by Gasteiger charge is 2.77. The number of alkyl halides is 1. The monoisotopic (exact) mass is 582 g/mol. The molecular weight excluding hydrogens is 539 g/mol. The molecule has 1 aliphatic heterocycles. The molecule has 4 aliphatic carbocycles. The number of carbonyl (C=O) groups is 4. The number of allylic oxidation sites excluding steroid dienone is 4. The van der Waals surface area contributed by atoms with Crippen molar-refractivity contribution in [2.75, 3.05) is 6.61 Å². The quantitative estimate of drug-likeness (QED) is 0.386. The van der Waals surface area contributed by atoms with E-state index in [-0.39, 0.29) is 49.2 Å². The van der Waals surface area contributed by atoms with Crippen LogP contribution in [0.5, 0.6) is 0 Å². The van der Waals surface area contributed by atoms with Crippen LogP contribution in [0, 0.1) is 28.6 Å². The number of hydrogen-bond donors (Lipinski definition) is 4. The van der Waals surface area contributed by atoms with Crippen molar-refractivity contribution in [1.29, 1.82) is 0 Å². The summed E-state index contributed by atoms with van der Waals surface area (Å²) in [7, 11) is 0. The summed E-state index contributed by atoms with van der Waals surface area (Å²) in [6.45, 7) is 9.85. The Hall–Kier alpha value is -2.47. The molecule has 0 aromatic rings. The number of halogens is 1. The highest BCUT2D eigenvalue weighted by Crippen LogP contribution is 2.70. The molecular formula is C30H43FO10. The van der Waals surface area contributed by atoms with Gasteiger partial charge >= 0.3 is 11.9 Å². The van der Waals surface area contributed by atoms with Gasteiger partial charge in [-0.1, -0.05) is 33.8 Å². The molecule has 4 fully saturated rings. The molecule has 0 unspecified atom stereocenters. The number of carbonyl (C=O) groups excluding carboxylic acids is 2. The SMILES string of the molecule is CC1(C)O[C@@H]2C[C@H]3[C@@H]4C[C@H](F)C5=CC(=O)C=C[C@]5(C)[C@H]4[C@@H](O)C[C@]3(C)[C@]2(C(=O)CO)O1.CCC(=O)O.CCC(=O)O. The minimum atomic E-state index is -1.37. The van der Waals surface area contributed by atoms with E-state index >= 15 is 4.39 Å². The second-order valence-corrected chi connectivity index (χ2v) is 12.5. The summed E-state index contributed by atoms with van der Waals surface area (Å²) in [5.74, 6) is -3.77. The largest absolute Gasteiger partial charge is 0.481 e. The summed E-state index contributed by atoms with van der Waals surface area (Å²) in [5.41, 5.74) is -2.50. The first-order valence-electron chi connectivity index (χ1n) is 14.2. The Bertz CT molecular complexity index is 1120. The van der Waals surface area contributed by atoms with Crippen LogP contribution < -0.4 is 0 Å². The lowest BCUT2D eigenvalue weighted by Gasteiger charge is -2.60. The number of aliphatic hydroxyl groups excluding tert-OH is 2. The molecule has 4 N–H and O–H groups in total. The van der Waals surface area contributed by atoms with Crippen LogP contribution in [-0.4, -0.2) is 80.3 Å². The predicted octanol–water partition coefficient (Wildman–Crippen LogP) is 3.24. The first-order valence-corrected chi connectivity index (χ1v) is 14.2. The third-order valence-corrected chi connectivity index (χ3v) is 9.63. The second-order valence-electron chi connectivity index (χ2n) is 12.5. The van der Waals surface area contributed by atoms with Crippen molar-refractivity contribution in [2.45, 2.75) is 103 Å². The molecule has 9 atom stereocenters. The molecule has 3 saturated carbocycles. The molecule has 10 nitrogen and oxygen atoms in total. The van der Waals surface area contributed by atoms with E-state index < -0.39 is 64.9 Å². The van der Waals surface area contributed by atoms with E-state index in [1.807, 2.05) is 13.8 Å². The molecule has 5 rings (SSSR count). The Morgan fingerprint density at radius 3 is 2.12 bits per heavy atom. The lowest BCUT2D eigenvalue weighted by molar-refractivity contribution is -0.226. The summed E-state index contributed by atoms with van der Waals surface area (Å²) >= 11 is 0. The molecule has 0 bridgehead atoms. The maximum atomic E-state index is 15.4. The Morgan fingerprint density at radius 2 is 1.61 bits per heavy atom. The molecule has 11 heteroatoms. The summed E-state index contributed by atoms with van der Waals surface area (Å²) in [5, 5.41) is 36.7. The Kier molecular flexibility index (Phi) is 9.40.